The van der Waals surface area contributed by atoms with E-state index in [1.807, 2.05) is 12.1 Å². The maximum Gasteiger partial charge on any atom is 0.163 e. The summed E-state index contributed by atoms with van der Waals surface area (Å²) >= 11 is 0. The van der Waals surface area contributed by atoms with Gasteiger partial charge in [-0.05, 0) is 24.5 Å². The Morgan fingerprint density at radius 1 is 1.24 bits per heavy atom. The molecule has 2 rings (SSSR count). The lowest BCUT2D eigenvalue weighted by Crippen LogP contribution is -2.37. The van der Waals surface area contributed by atoms with Gasteiger partial charge in [0, 0.05) is 31.4 Å². The molecule has 1 aromatic rings. The Morgan fingerprint density at radius 3 is 2.67 bits per heavy atom. The third-order valence-corrected chi connectivity index (χ3v) is 3.79. The minimum atomic E-state index is 0.665. The number of aryl methyl sites for hydroxylation is 1. The molecule has 0 radical (unpaired) electrons. The Morgan fingerprint density at radius 2 is 2.00 bits per heavy atom. The number of anilines is 1. The molecule has 0 amide bonds. The zero-order valence-corrected chi connectivity index (χ0v) is 13.1. The predicted octanol–water partition coefficient (Wildman–Crippen LogP) is 1.94. The summed E-state index contributed by atoms with van der Waals surface area (Å²) < 4.78 is 16.6. The van der Waals surface area contributed by atoms with Crippen LogP contribution in [0.15, 0.2) is 12.1 Å². The van der Waals surface area contributed by atoms with Crippen molar-refractivity contribution in [3.8, 4) is 11.5 Å². The van der Waals surface area contributed by atoms with Crippen LogP contribution in [0.1, 0.15) is 18.9 Å². The second-order valence-corrected chi connectivity index (χ2v) is 5.21. The van der Waals surface area contributed by atoms with Gasteiger partial charge in [0.1, 0.15) is 0 Å². The number of ether oxygens (including phenoxy) is 3. The fourth-order valence-electron chi connectivity index (χ4n) is 2.49. The van der Waals surface area contributed by atoms with Crippen LogP contribution in [-0.2, 0) is 11.2 Å². The fraction of sp³-hybridized carbons (Fsp3) is 0.625. The molecular formula is C16H26N2O3. The van der Waals surface area contributed by atoms with Crippen molar-refractivity contribution in [1.82, 2.24) is 4.90 Å². The Kier molecular flexibility index (Phi) is 6.14. The molecule has 0 saturated carbocycles. The monoisotopic (exact) mass is 294 g/mol. The van der Waals surface area contributed by atoms with Crippen LogP contribution >= 0.6 is 0 Å². The van der Waals surface area contributed by atoms with Gasteiger partial charge in [-0.1, -0.05) is 6.92 Å². The Labute approximate surface area is 127 Å². The Balaban J connectivity index is 1.83. The number of nitrogen functional groups attached to an aromatic ring is 1. The van der Waals surface area contributed by atoms with Gasteiger partial charge in [0.2, 0.25) is 0 Å². The molecular weight excluding hydrogens is 268 g/mol. The molecule has 0 bridgehead atoms. The van der Waals surface area contributed by atoms with Gasteiger partial charge in [-0.15, -0.1) is 0 Å². The lowest BCUT2D eigenvalue weighted by molar-refractivity contribution is 0.0357. The molecule has 0 atom stereocenters. The zero-order valence-electron chi connectivity index (χ0n) is 13.1. The van der Waals surface area contributed by atoms with E-state index in [2.05, 4.69) is 11.8 Å². The number of morpholine rings is 1. The summed E-state index contributed by atoms with van der Waals surface area (Å²) in [7, 11) is 1.66. The van der Waals surface area contributed by atoms with Crippen LogP contribution in [0.25, 0.3) is 0 Å². The molecule has 118 valence electrons. The molecule has 1 aromatic carbocycles. The smallest absolute Gasteiger partial charge is 0.163 e. The van der Waals surface area contributed by atoms with Gasteiger partial charge in [-0.3, -0.25) is 4.90 Å². The molecule has 5 heteroatoms. The largest absolute Gasteiger partial charge is 0.493 e. The highest BCUT2D eigenvalue weighted by atomic mass is 16.5. The molecule has 0 aliphatic carbocycles. The SMILES string of the molecule is CCc1cc(OC)c(OCCCN2CCOCC2)cc1N. The highest BCUT2D eigenvalue weighted by Crippen LogP contribution is 2.32. The summed E-state index contributed by atoms with van der Waals surface area (Å²) in [6, 6.07) is 3.83. The zero-order chi connectivity index (χ0) is 15.1. The highest BCUT2D eigenvalue weighted by Gasteiger charge is 2.11. The van der Waals surface area contributed by atoms with Crippen LogP contribution in [0.4, 0.5) is 5.69 Å². The Bertz CT molecular complexity index is 445. The normalized spacial score (nSPS) is 15.9. The average molecular weight is 294 g/mol. The van der Waals surface area contributed by atoms with E-state index < -0.39 is 0 Å². The van der Waals surface area contributed by atoms with Crippen molar-refractivity contribution in [2.45, 2.75) is 19.8 Å². The number of nitrogens with two attached hydrogens (primary N) is 1. The summed E-state index contributed by atoms with van der Waals surface area (Å²) in [5.41, 5.74) is 7.87. The van der Waals surface area contributed by atoms with Crippen LogP contribution in [0.2, 0.25) is 0 Å². The lowest BCUT2D eigenvalue weighted by Gasteiger charge is -2.26. The van der Waals surface area contributed by atoms with E-state index in [0.29, 0.717) is 6.61 Å². The molecule has 1 saturated heterocycles. The molecule has 1 heterocycles. The first-order chi connectivity index (χ1) is 10.2. The predicted molar refractivity (Wildman–Crippen MR) is 84.2 cm³/mol. The molecule has 5 nitrogen and oxygen atoms in total. The van der Waals surface area contributed by atoms with Crippen molar-refractivity contribution in [2.75, 3.05) is 52.3 Å². The van der Waals surface area contributed by atoms with Crippen molar-refractivity contribution >= 4 is 5.69 Å². The molecule has 1 aliphatic rings. The number of hydrogen-bond donors (Lipinski definition) is 1. The Hall–Kier alpha value is -1.46. The molecule has 1 aliphatic heterocycles. The van der Waals surface area contributed by atoms with Crippen molar-refractivity contribution in [3.05, 3.63) is 17.7 Å². The van der Waals surface area contributed by atoms with E-state index in [0.717, 1.165) is 68.4 Å². The molecule has 2 N–H and O–H groups in total. The number of hydrogen-bond acceptors (Lipinski definition) is 5. The number of nitrogens with zero attached hydrogens (tertiary/aromatic N) is 1. The molecule has 0 spiro atoms. The van der Waals surface area contributed by atoms with Crippen LogP contribution in [0, 0.1) is 0 Å². The fourth-order valence-corrected chi connectivity index (χ4v) is 2.49. The number of benzene rings is 1. The van der Waals surface area contributed by atoms with Crippen LogP contribution in [-0.4, -0.2) is 51.5 Å². The van der Waals surface area contributed by atoms with Crippen LogP contribution in [0.5, 0.6) is 11.5 Å². The topological polar surface area (TPSA) is 57.0 Å². The van der Waals surface area contributed by atoms with Crippen LogP contribution in [0.3, 0.4) is 0 Å². The first-order valence-corrected chi connectivity index (χ1v) is 7.64. The van der Waals surface area contributed by atoms with Crippen LogP contribution < -0.4 is 15.2 Å². The van der Waals surface area contributed by atoms with E-state index in [1.165, 1.54) is 0 Å². The van der Waals surface area contributed by atoms with E-state index in [-0.39, 0.29) is 0 Å². The lowest BCUT2D eigenvalue weighted by atomic mass is 10.1. The average Bonchev–Trinajstić information content (AvgIpc) is 2.52. The molecule has 21 heavy (non-hydrogen) atoms. The summed E-state index contributed by atoms with van der Waals surface area (Å²) in [4.78, 5) is 2.40. The number of methoxy groups -OCH3 is 1. The van der Waals surface area contributed by atoms with E-state index in [1.54, 1.807) is 7.11 Å². The maximum absolute atomic E-state index is 6.02. The number of rotatable bonds is 7. The van der Waals surface area contributed by atoms with Gasteiger partial charge >= 0.3 is 0 Å². The van der Waals surface area contributed by atoms with E-state index in [4.69, 9.17) is 19.9 Å². The van der Waals surface area contributed by atoms with Gasteiger partial charge in [-0.2, -0.15) is 0 Å². The van der Waals surface area contributed by atoms with Crippen molar-refractivity contribution < 1.29 is 14.2 Å². The van der Waals surface area contributed by atoms with Gasteiger partial charge in [0.25, 0.3) is 0 Å². The third kappa shape index (κ3) is 4.51. The second kappa shape index (κ2) is 8.10. The summed E-state index contributed by atoms with van der Waals surface area (Å²) in [6.45, 7) is 7.48. The van der Waals surface area contributed by atoms with Gasteiger partial charge in [0.05, 0.1) is 26.9 Å². The van der Waals surface area contributed by atoms with Gasteiger partial charge in [0.15, 0.2) is 11.5 Å². The highest BCUT2D eigenvalue weighted by molar-refractivity contribution is 5.57. The quantitative estimate of drug-likeness (QED) is 0.615. The molecule has 0 unspecified atom stereocenters. The summed E-state index contributed by atoms with van der Waals surface area (Å²) in [6.07, 6.45) is 1.87. The van der Waals surface area contributed by atoms with Crippen molar-refractivity contribution in [2.24, 2.45) is 0 Å². The minimum Gasteiger partial charge on any atom is -0.493 e. The first-order valence-electron chi connectivity index (χ1n) is 7.64. The summed E-state index contributed by atoms with van der Waals surface area (Å²) in [5, 5.41) is 0. The molecule has 1 fully saturated rings. The summed E-state index contributed by atoms with van der Waals surface area (Å²) in [5.74, 6) is 1.49. The van der Waals surface area contributed by atoms with E-state index >= 15 is 0 Å². The third-order valence-electron chi connectivity index (χ3n) is 3.79. The van der Waals surface area contributed by atoms with Gasteiger partial charge in [-0.25, -0.2) is 0 Å². The first kappa shape index (κ1) is 15.9. The maximum atomic E-state index is 6.02. The van der Waals surface area contributed by atoms with E-state index in [9.17, 15) is 0 Å². The van der Waals surface area contributed by atoms with Crippen molar-refractivity contribution in [1.29, 1.82) is 0 Å². The standard InChI is InChI=1S/C16H26N2O3/c1-3-13-11-15(19-2)16(12-14(13)17)21-8-4-5-18-6-9-20-10-7-18/h11-12H,3-10,17H2,1-2H3. The van der Waals surface area contributed by atoms with Crippen molar-refractivity contribution in [3.63, 3.8) is 0 Å². The second-order valence-electron chi connectivity index (χ2n) is 5.21. The van der Waals surface area contributed by atoms with Gasteiger partial charge < -0.3 is 19.9 Å². The minimum absolute atomic E-state index is 0.665. The molecule has 0 aromatic heterocycles.